The van der Waals surface area contributed by atoms with Gasteiger partial charge in [0.1, 0.15) is 0 Å². The van der Waals surface area contributed by atoms with Crippen LogP contribution in [0.25, 0.3) is 27.2 Å². The molecule has 0 spiro atoms. The molecule has 3 aromatic carbocycles. The van der Waals surface area contributed by atoms with Crippen molar-refractivity contribution < 1.29 is 13.2 Å². The van der Waals surface area contributed by atoms with Crippen LogP contribution in [0.5, 0.6) is 0 Å². The van der Waals surface area contributed by atoms with Gasteiger partial charge in [-0.25, -0.2) is 0 Å². The lowest BCUT2D eigenvalue weighted by atomic mass is 9.78. The first-order chi connectivity index (χ1) is 15.9. The van der Waals surface area contributed by atoms with E-state index in [0.717, 1.165) is 46.5 Å². The van der Waals surface area contributed by atoms with E-state index in [0.29, 0.717) is 17.4 Å². The fraction of sp³-hybridized carbons (Fsp3) is 0.179. The van der Waals surface area contributed by atoms with Gasteiger partial charge in [0.05, 0.1) is 17.3 Å². The Labute approximate surface area is 196 Å². The molecule has 0 aliphatic heterocycles. The van der Waals surface area contributed by atoms with Gasteiger partial charge in [0.15, 0.2) is 0 Å². The molecule has 172 valence electrons. The van der Waals surface area contributed by atoms with Gasteiger partial charge in [-0.2, -0.15) is 23.4 Å². The van der Waals surface area contributed by atoms with Crippen LogP contribution in [0.2, 0.25) is 0 Å². The predicted octanol–water partition coefficient (Wildman–Crippen LogP) is 8.00. The van der Waals surface area contributed by atoms with E-state index in [1.54, 1.807) is 18.3 Å². The summed E-state index contributed by atoms with van der Waals surface area (Å²) in [5.74, 6) is 0. The summed E-state index contributed by atoms with van der Waals surface area (Å²) in [6, 6.07) is 17.7. The van der Waals surface area contributed by atoms with Crippen molar-refractivity contribution in [1.29, 1.82) is 5.41 Å². The molecular formula is C28H24F3N3. The molecule has 0 unspecified atom stereocenters. The third-order valence-corrected chi connectivity index (χ3v) is 6.03. The number of halogens is 3. The molecule has 3 nitrogen and oxygen atoms in total. The van der Waals surface area contributed by atoms with E-state index in [1.165, 1.54) is 6.07 Å². The molecule has 1 aromatic heterocycles. The number of nitrogens with one attached hydrogen (secondary N) is 1. The zero-order valence-corrected chi connectivity index (χ0v) is 17.7. The zero-order chi connectivity index (χ0) is 23.0. The minimum Gasteiger partial charge on any atom is -0.304 e. The molecule has 0 fully saturated rings. The van der Waals surface area contributed by atoms with E-state index < -0.39 is 11.7 Å². The van der Waals surface area contributed by atoms with Gasteiger partial charge < -0.3 is 5.41 Å². The van der Waals surface area contributed by atoms with Gasteiger partial charge in [-0.05, 0) is 47.6 Å². The number of alkyl halides is 3. The fourth-order valence-electron chi connectivity index (χ4n) is 4.56. The van der Waals surface area contributed by atoms with Crippen molar-refractivity contribution in [2.45, 2.75) is 32.9 Å². The molecule has 0 bridgehead atoms. The first-order valence-electron chi connectivity index (χ1n) is 10.7. The third-order valence-electron chi connectivity index (χ3n) is 6.03. The highest BCUT2D eigenvalue weighted by atomic mass is 19.4. The number of allylic oxidation sites excluding steroid dienone is 4. The van der Waals surface area contributed by atoms with Crippen molar-refractivity contribution in [1.82, 2.24) is 10.2 Å². The van der Waals surface area contributed by atoms with Crippen LogP contribution < -0.4 is 0 Å². The van der Waals surface area contributed by atoms with Crippen molar-refractivity contribution in [2.24, 2.45) is 0 Å². The van der Waals surface area contributed by atoms with Crippen LogP contribution in [-0.2, 0) is 6.18 Å². The quantitative estimate of drug-likeness (QED) is 0.290. The summed E-state index contributed by atoms with van der Waals surface area (Å²) in [6.45, 7) is 0. The van der Waals surface area contributed by atoms with Gasteiger partial charge in [0.2, 0.25) is 0 Å². The Morgan fingerprint density at radius 1 is 0.882 bits per heavy atom. The lowest BCUT2D eigenvalue weighted by molar-refractivity contribution is -0.136. The molecule has 2 aliphatic rings. The van der Waals surface area contributed by atoms with E-state index in [9.17, 15) is 13.2 Å². The molecule has 1 N–H and O–H groups in total. The van der Waals surface area contributed by atoms with Crippen LogP contribution in [0.3, 0.4) is 0 Å². The lowest BCUT2D eigenvalue weighted by Gasteiger charge is -2.27. The minimum absolute atomic E-state index is 0. The van der Waals surface area contributed by atoms with Crippen LogP contribution in [0.15, 0.2) is 84.6 Å². The molecule has 0 amide bonds. The van der Waals surface area contributed by atoms with Crippen molar-refractivity contribution in [3.63, 3.8) is 0 Å². The second kappa shape index (κ2) is 9.21. The molecule has 0 saturated carbocycles. The number of fused-ring (bicyclic) bond motifs is 5. The standard InChI is InChI=1S/C19H14F3N.C8H6N2.CH4/c20-19(21,22)15-7-3-5-11-8-9-14-13-6-2-1-4-12(13)10-16(23)18(14)17(11)15;1-2-4-8-7(3-1)5-6-9-10-8;/h2-3,5-9,23H,1,4,10H2;1-6H;1H4. The zero-order valence-electron chi connectivity index (χ0n) is 17.7. The average Bonchev–Trinajstić information content (AvgIpc) is 2.83. The first kappa shape index (κ1) is 23.4. The summed E-state index contributed by atoms with van der Waals surface area (Å²) in [4.78, 5) is 0. The maximum atomic E-state index is 13.5. The largest absolute Gasteiger partial charge is 0.417 e. The Bertz CT molecular complexity index is 1380. The molecule has 4 aromatic rings. The fourth-order valence-corrected chi connectivity index (χ4v) is 4.56. The van der Waals surface area contributed by atoms with E-state index in [4.69, 9.17) is 5.41 Å². The smallest absolute Gasteiger partial charge is 0.304 e. The van der Waals surface area contributed by atoms with E-state index in [2.05, 4.69) is 16.3 Å². The Hall–Kier alpha value is -3.80. The Balaban J connectivity index is 0.000000209. The summed E-state index contributed by atoms with van der Waals surface area (Å²) < 4.78 is 40.4. The maximum absolute atomic E-state index is 13.5. The molecule has 6 heteroatoms. The summed E-state index contributed by atoms with van der Waals surface area (Å²) >= 11 is 0. The van der Waals surface area contributed by atoms with Crippen molar-refractivity contribution in [3.8, 4) is 0 Å². The van der Waals surface area contributed by atoms with Gasteiger partial charge in [0.25, 0.3) is 0 Å². The lowest BCUT2D eigenvalue weighted by Crippen LogP contribution is -2.16. The number of hydrogen-bond acceptors (Lipinski definition) is 3. The normalized spacial score (nSPS) is 14.7. The molecule has 0 radical (unpaired) electrons. The summed E-state index contributed by atoms with van der Waals surface area (Å²) in [5, 5.41) is 17.9. The molecule has 0 atom stereocenters. The van der Waals surface area contributed by atoms with Gasteiger partial charge in [-0.15, -0.1) is 0 Å². The van der Waals surface area contributed by atoms with E-state index in [-0.39, 0.29) is 18.5 Å². The van der Waals surface area contributed by atoms with E-state index >= 15 is 0 Å². The summed E-state index contributed by atoms with van der Waals surface area (Å²) in [6.07, 6.45) is 3.57. The van der Waals surface area contributed by atoms with Gasteiger partial charge in [0, 0.05) is 28.5 Å². The third kappa shape index (κ3) is 4.23. The van der Waals surface area contributed by atoms with Crippen LogP contribution in [-0.4, -0.2) is 15.9 Å². The molecule has 6 rings (SSSR count). The Morgan fingerprint density at radius 3 is 2.47 bits per heavy atom. The Kier molecular flexibility index (Phi) is 6.33. The SMILES string of the molecule is C.N=C1CC2=C(C=CCC2)c2ccc3cccc(C(F)(F)F)c3c21.c1ccc2nnccc2c1. The van der Waals surface area contributed by atoms with Crippen LogP contribution in [0, 0.1) is 5.41 Å². The highest BCUT2D eigenvalue weighted by molar-refractivity contribution is 6.17. The van der Waals surface area contributed by atoms with Crippen LogP contribution in [0.1, 0.15) is 43.4 Å². The number of aromatic nitrogens is 2. The van der Waals surface area contributed by atoms with Gasteiger partial charge in [-0.3, -0.25) is 0 Å². The molecule has 0 saturated heterocycles. The minimum atomic E-state index is -4.42. The van der Waals surface area contributed by atoms with Gasteiger partial charge >= 0.3 is 6.18 Å². The highest BCUT2D eigenvalue weighted by Crippen LogP contribution is 2.43. The molecule has 34 heavy (non-hydrogen) atoms. The molecule has 1 heterocycles. The number of benzene rings is 3. The Morgan fingerprint density at radius 2 is 1.68 bits per heavy atom. The molecular weight excluding hydrogens is 435 g/mol. The summed E-state index contributed by atoms with van der Waals surface area (Å²) in [7, 11) is 0. The number of rotatable bonds is 0. The average molecular weight is 460 g/mol. The topological polar surface area (TPSA) is 49.6 Å². The first-order valence-corrected chi connectivity index (χ1v) is 10.7. The van der Waals surface area contributed by atoms with Crippen molar-refractivity contribution >= 4 is 33.0 Å². The summed E-state index contributed by atoms with van der Waals surface area (Å²) in [5.41, 5.74) is 3.95. The predicted molar refractivity (Wildman–Crippen MR) is 132 cm³/mol. The van der Waals surface area contributed by atoms with Crippen molar-refractivity contribution in [3.05, 3.63) is 101 Å². The van der Waals surface area contributed by atoms with Gasteiger partial charge in [-0.1, -0.05) is 67.6 Å². The molecule has 2 aliphatic carbocycles. The highest BCUT2D eigenvalue weighted by Gasteiger charge is 2.35. The second-order valence-electron chi connectivity index (χ2n) is 8.09. The van der Waals surface area contributed by atoms with Crippen LogP contribution in [0.4, 0.5) is 13.2 Å². The van der Waals surface area contributed by atoms with Crippen LogP contribution >= 0.6 is 0 Å². The number of hydrogen-bond donors (Lipinski definition) is 1. The second-order valence-corrected chi connectivity index (χ2v) is 8.09. The monoisotopic (exact) mass is 459 g/mol. The van der Waals surface area contributed by atoms with Crippen molar-refractivity contribution in [2.75, 3.05) is 0 Å². The maximum Gasteiger partial charge on any atom is 0.417 e. The van der Waals surface area contributed by atoms with E-state index in [1.807, 2.05) is 42.5 Å². The number of nitrogens with zero attached hydrogens (tertiary/aromatic N) is 2.